The van der Waals surface area contributed by atoms with Crippen LogP contribution in [0.4, 0.5) is 5.69 Å². The second kappa shape index (κ2) is 2.45. The van der Waals surface area contributed by atoms with Crippen molar-refractivity contribution in [1.82, 2.24) is 0 Å². The number of benzene rings is 1. The van der Waals surface area contributed by atoms with Crippen LogP contribution < -0.4 is 10.2 Å². The summed E-state index contributed by atoms with van der Waals surface area (Å²) in [5.74, 6) is -1.69. The molecular weight excluding hydrogens is 150 g/mol. The van der Waals surface area contributed by atoms with Crippen LogP contribution in [0.1, 0.15) is 0 Å². The maximum absolute atomic E-state index is 10.6. The van der Waals surface area contributed by atoms with Crippen molar-refractivity contribution < 1.29 is 15.1 Å². The first-order chi connectivity index (χ1) is 5.13. The molecule has 11 heavy (non-hydrogen) atoms. The molecule has 0 aliphatic rings. The van der Waals surface area contributed by atoms with Gasteiger partial charge in [0, 0.05) is 0 Å². The fraction of sp³-hybridized carbons (Fsp3) is 0. The lowest BCUT2D eigenvalue weighted by Crippen LogP contribution is -2.02. The van der Waals surface area contributed by atoms with Gasteiger partial charge in [-0.05, 0) is 11.5 Å². The summed E-state index contributed by atoms with van der Waals surface area (Å²) in [7, 11) is 0. The molecule has 0 radical (unpaired) electrons. The van der Waals surface area contributed by atoms with Crippen molar-refractivity contribution in [2.24, 2.45) is 0 Å². The first-order valence-corrected chi connectivity index (χ1v) is 2.74. The molecule has 0 saturated heterocycles. The maximum Gasteiger partial charge on any atom is 0.253 e. The Hall–Kier alpha value is -1.78. The number of hydrogen-bond donors (Lipinski definition) is 0. The summed E-state index contributed by atoms with van der Waals surface area (Å²) in [4.78, 5) is 9.08. The van der Waals surface area contributed by atoms with Crippen LogP contribution in [0.5, 0.6) is 11.5 Å². The molecule has 0 amide bonds. The smallest absolute Gasteiger partial charge is 0.253 e. The first kappa shape index (κ1) is 7.33. The summed E-state index contributed by atoms with van der Waals surface area (Å²) in [6.45, 7) is 0. The minimum Gasteiger partial charge on any atom is -0.868 e. The monoisotopic (exact) mass is 153 g/mol. The Kier molecular flexibility index (Phi) is 1.63. The van der Waals surface area contributed by atoms with E-state index in [1.807, 2.05) is 0 Å². The molecule has 0 heterocycles. The predicted octanol–water partition coefficient (Wildman–Crippen LogP) is -0.258. The van der Waals surface area contributed by atoms with E-state index >= 15 is 0 Å². The molecule has 0 N–H and O–H groups in total. The highest BCUT2D eigenvalue weighted by Crippen LogP contribution is 2.29. The van der Waals surface area contributed by atoms with Crippen molar-refractivity contribution in [1.29, 1.82) is 0 Å². The zero-order chi connectivity index (χ0) is 8.43. The van der Waals surface area contributed by atoms with Crippen LogP contribution >= 0.6 is 0 Å². The van der Waals surface area contributed by atoms with Crippen molar-refractivity contribution in [3.8, 4) is 11.5 Å². The number of nitro groups is 1. The molecule has 0 atom stereocenters. The minimum atomic E-state index is -0.968. The number of hydrogen-bond acceptors (Lipinski definition) is 4. The Morgan fingerprint density at radius 2 is 1.64 bits per heavy atom. The molecule has 0 aliphatic carbocycles. The zero-order valence-corrected chi connectivity index (χ0v) is 5.31. The van der Waals surface area contributed by atoms with Crippen LogP contribution in [0.3, 0.4) is 0 Å². The second-order valence-corrected chi connectivity index (χ2v) is 1.86. The average molecular weight is 153 g/mol. The van der Waals surface area contributed by atoms with Gasteiger partial charge in [-0.25, -0.2) is 0 Å². The lowest BCUT2D eigenvalue weighted by atomic mass is 10.3. The maximum atomic E-state index is 10.6. The van der Waals surface area contributed by atoms with E-state index in [0.29, 0.717) is 0 Å². The summed E-state index contributed by atoms with van der Waals surface area (Å²) >= 11 is 0. The minimum absolute atomic E-state index is 0.845. The van der Waals surface area contributed by atoms with Crippen molar-refractivity contribution in [2.75, 3.05) is 0 Å². The normalized spacial score (nSPS) is 9.45. The molecule has 5 nitrogen and oxygen atoms in total. The van der Waals surface area contributed by atoms with Gasteiger partial charge in [-0.2, -0.15) is 0 Å². The predicted molar refractivity (Wildman–Crippen MR) is 32.0 cm³/mol. The summed E-state index contributed by atoms with van der Waals surface area (Å²) in [6.07, 6.45) is 0. The lowest BCUT2D eigenvalue weighted by molar-refractivity contribution is -0.410. The van der Waals surface area contributed by atoms with E-state index in [9.17, 15) is 20.3 Å². The van der Waals surface area contributed by atoms with E-state index in [1.165, 1.54) is 6.07 Å². The van der Waals surface area contributed by atoms with Gasteiger partial charge >= 0.3 is 0 Å². The quantitative estimate of drug-likeness (QED) is 0.410. The van der Waals surface area contributed by atoms with E-state index in [-0.39, 0.29) is 0 Å². The van der Waals surface area contributed by atoms with E-state index in [2.05, 4.69) is 0 Å². The first-order valence-electron chi connectivity index (χ1n) is 2.74. The largest absolute Gasteiger partial charge is 0.868 e. The molecule has 0 spiro atoms. The van der Waals surface area contributed by atoms with Crippen LogP contribution in [0, 0.1) is 10.1 Å². The third-order valence-electron chi connectivity index (χ3n) is 1.14. The van der Waals surface area contributed by atoms with Gasteiger partial charge in [0.05, 0.1) is 4.92 Å². The van der Waals surface area contributed by atoms with Gasteiger partial charge in [0.15, 0.2) is 0 Å². The summed E-state index contributed by atoms with van der Waals surface area (Å²) < 4.78 is 0. The van der Waals surface area contributed by atoms with Gasteiger partial charge in [0.25, 0.3) is 5.69 Å². The SMILES string of the molecule is O=[N+]([O-])c1c([O-])cccc1[O-]. The van der Waals surface area contributed by atoms with Gasteiger partial charge in [0.2, 0.25) is 0 Å². The Bertz CT molecular complexity index is 276. The summed E-state index contributed by atoms with van der Waals surface area (Å²) in [5.41, 5.74) is -0.882. The van der Waals surface area contributed by atoms with Gasteiger partial charge in [-0.3, -0.25) is 10.1 Å². The molecule has 0 fully saturated rings. The Labute approximate surface area is 61.7 Å². The molecule has 1 aromatic rings. The average Bonchev–Trinajstić information content (AvgIpc) is 1.85. The van der Waals surface area contributed by atoms with Crippen LogP contribution in [-0.4, -0.2) is 4.92 Å². The van der Waals surface area contributed by atoms with Gasteiger partial charge in [-0.15, -0.1) is 0 Å². The molecule has 1 aromatic carbocycles. The molecule has 0 unspecified atom stereocenters. The lowest BCUT2D eigenvalue weighted by Gasteiger charge is -2.12. The highest BCUT2D eigenvalue weighted by molar-refractivity contribution is 5.53. The van der Waals surface area contributed by atoms with E-state index in [0.717, 1.165) is 12.1 Å². The van der Waals surface area contributed by atoms with Gasteiger partial charge < -0.3 is 10.2 Å². The number of nitrogens with zero attached hydrogens (tertiary/aromatic N) is 1. The second-order valence-electron chi connectivity index (χ2n) is 1.86. The Morgan fingerprint density at radius 1 is 1.18 bits per heavy atom. The van der Waals surface area contributed by atoms with Gasteiger partial charge in [0.1, 0.15) is 0 Å². The number of rotatable bonds is 1. The standard InChI is InChI=1S/C6H5NO4/c8-4-2-1-3-5(9)6(4)7(10)11/h1-3,8-9H/p-2. The van der Waals surface area contributed by atoms with Gasteiger partial charge in [-0.1, -0.05) is 18.2 Å². The molecule has 0 saturated carbocycles. The van der Waals surface area contributed by atoms with Crippen LogP contribution in [0.25, 0.3) is 0 Å². The molecule has 5 heteroatoms. The Morgan fingerprint density at radius 3 is 1.91 bits per heavy atom. The molecular formula is C6H3NO4-2. The van der Waals surface area contributed by atoms with Crippen molar-refractivity contribution in [3.63, 3.8) is 0 Å². The molecule has 0 aromatic heterocycles. The Balaban J connectivity index is 3.32. The van der Waals surface area contributed by atoms with Crippen LogP contribution in [0.15, 0.2) is 18.2 Å². The van der Waals surface area contributed by atoms with Crippen LogP contribution in [0.2, 0.25) is 0 Å². The van der Waals surface area contributed by atoms with E-state index < -0.39 is 22.1 Å². The third kappa shape index (κ3) is 1.21. The number of para-hydroxylation sites is 1. The highest BCUT2D eigenvalue weighted by atomic mass is 16.6. The van der Waals surface area contributed by atoms with Crippen LogP contribution in [-0.2, 0) is 0 Å². The fourth-order valence-electron chi connectivity index (χ4n) is 0.682. The molecule has 0 aliphatic heterocycles. The van der Waals surface area contributed by atoms with E-state index in [4.69, 9.17) is 0 Å². The topological polar surface area (TPSA) is 89.3 Å². The highest BCUT2D eigenvalue weighted by Gasteiger charge is 2.05. The fourth-order valence-corrected chi connectivity index (χ4v) is 0.682. The van der Waals surface area contributed by atoms with Crippen molar-refractivity contribution >= 4 is 5.69 Å². The zero-order valence-electron chi connectivity index (χ0n) is 5.31. The number of nitro benzene ring substituents is 1. The summed E-state index contributed by atoms with van der Waals surface area (Å²) in [6, 6.07) is 3.16. The van der Waals surface area contributed by atoms with E-state index in [1.54, 1.807) is 0 Å². The van der Waals surface area contributed by atoms with Crippen molar-refractivity contribution in [2.45, 2.75) is 0 Å². The van der Waals surface area contributed by atoms with Crippen molar-refractivity contribution in [3.05, 3.63) is 28.3 Å². The molecule has 1 rings (SSSR count). The molecule has 58 valence electrons. The summed E-state index contributed by atoms with van der Waals surface area (Å²) in [5, 5.41) is 31.3. The molecule has 0 bridgehead atoms. The third-order valence-corrected chi connectivity index (χ3v) is 1.14.